The van der Waals surface area contributed by atoms with E-state index in [1.807, 2.05) is 13.8 Å². The topological polar surface area (TPSA) is 59.6 Å². The van der Waals surface area contributed by atoms with Crippen LogP contribution >= 0.6 is 0 Å². The van der Waals surface area contributed by atoms with Crippen molar-refractivity contribution in [2.24, 2.45) is 0 Å². The van der Waals surface area contributed by atoms with Crippen molar-refractivity contribution in [3.05, 3.63) is 65.5 Å². The zero-order valence-electron chi connectivity index (χ0n) is 17.7. The molecule has 0 aliphatic rings. The highest BCUT2D eigenvalue weighted by atomic mass is 32.3. The first-order chi connectivity index (χ1) is 13.8. The fourth-order valence-electron chi connectivity index (χ4n) is 2.88. The third kappa shape index (κ3) is 9.04. The predicted octanol–water partition coefficient (Wildman–Crippen LogP) is 3.24. The molecule has 2 atom stereocenters. The fourth-order valence-corrected chi connectivity index (χ4v) is 3.96. The van der Waals surface area contributed by atoms with Crippen LogP contribution in [0.4, 0.5) is 4.39 Å². The van der Waals surface area contributed by atoms with Gasteiger partial charge in [-0.25, -0.2) is 4.39 Å². The number of nitrogens with one attached hydrogen (secondary N) is 2. The molecule has 2 aromatic carbocycles. The lowest BCUT2D eigenvalue weighted by molar-refractivity contribution is 0.102. The minimum atomic E-state index is -2.28. The maximum Gasteiger partial charge on any atom is 0.123 e. The average molecular weight is 425 g/mol. The van der Waals surface area contributed by atoms with Crippen LogP contribution < -0.4 is 14.8 Å². The van der Waals surface area contributed by atoms with Gasteiger partial charge in [-0.2, -0.15) is 0 Å². The Labute approximate surface area is 174 Å². The molecule has 0 amide bonds. The van der Waals surface area contributed by atoms with Crippen LogP contribution in [0.5, 0.6) is 5.75 Å². The molecule has 0 aliphatic carbocycles. The van der Waals surface area contributed by atoms with E-state index in [0.29, 0.717) is 32.1 Å². The zero-order valence-corrected chi connectivity index (χ0v) is 18.5. The van der Waals surface area contributed by atoms with E-state index in [4.69, 9.17) is 9.47 Å². The van der Waals surface area contributed by atoms with Gasteiger partial charge in [0.2, 0.25) is 0 Å². The van der Waals surface area contributed by atoms with Gasteiger partial charge in [0.1, 0.15) is 18.2 Å². The standard InChI is InChI=1S/C22H33FN2O3S/c1-5-27-15-21(16-28-22-12-10-20(23)11-13-22)24-14-18-6-8-19(9-7-18)17(2)25-29(3,4)26/h6-13,17,21,24,29H,5,14-16H2,1-4H3,(H,25,26)/t17-,21?/m1/s1. The minimum Gasteiger partial charge on any atom is -0.492 e. The van der Waals surface area contributed by atoms with E-state index in [9.17, 15) is 8.60 Å². The highest BCUT2D eigenvalue weighted by molar-refractivity contribution is 7.99. The number of halogens is 1. The molecule has 0 saturated heterocycles. The second kappa shape index (κ2) is 11.4. The Hall–Kier alpha value is -1.80. The van der Waals surface area contributed by atoms with Crippen molar-refractivity contribution in [2.45, 2.75) is 32.5 Å². The van der Waals surface area contributed by atoms with E-state index >= 15 is 0 Å². The van der Waals surface area contributed by atoms with Gasteiger partial charge in [-0.05, 0) is 49.2 Å². The molecule has 162 valence electrons. The van der Waals surface area contributed by atoms with Crippen molar-refractivity contribution in [3.8, 4) is 5.75 Å². The van der Waals surface area contributed by atoms with E-state index in [0.717, 1.165) is 11.1 Å². The summed E-state index contributed by atoms with van der Waals surface area (Å²) in [6, 6.07) is 14.3. The van der Waals surface area contributed by atoms with E-state index in [2.05, 4.69) is 34.3 Å². The summed E-state index contributed by atoms with van der Waals surface area (Å²) in [5.74, 6) is 0.347. The summed E-state index contributed by atoms with van der Waals surface area (Å²) >= 11 is 0. The molecule has 2 N–H and O–H groups in total. The van der Waals surface area contributed by atoms with Crippen LogP contribution in [-0.2, 0) is 21.4 Å². The largest absolute Gasteiger partial charge is 0.492 e. The van der Waals surface area contributed by atoms with E-state index in [1.165, 1.54) is 12.1 Å². The molecular formula is C22H33FN2O3S. The van der Waals surface area contributed by atoms with Gasteiger partial charge in [0.25, 0.3) is 0 Å². The van der Waals surface area contributed by atoms with Gasteiger partial charge < -0.3 is 14.8 Å². The Morgan fingerprint density at radius 2 is 1.69 bits per heavy atom. The first-order valence-electron chi connectivity index (χ1n) is 9.88. The van der Waals surface area contributed by atoms with Gasteiger partial charge in [-0.15, -0.1) is 0 Å². The SMILES string of the molecule is CCOCC(COc1ccc(F)cc1)NCc1ccc([C@@H](C)N[SH](C)(C)=O)cc1. The van der Waals surface area contributed by atoms with Crippen molar-refractivity contribution >= 4 is 10.1 Å². The van der Waals surface area contributed by atoms with Crippen molar-refractivity contribution < 1.29 is 18.1 Å². The van der Waals surface area contributed by atoms with Crippen LogP contribution in [0.15, 0.2) is 48.5 Å². The summed E-state index contributed by atoms with van der Waals surface area (Å²) < 4.78 is 39.4. The van der Waals surface area contributed by atoms with Gasteiger partial charge in [-0.1, -0.05) is 34.4 Å². The second-order valence-corrected chi connectivity index (χ2v) is 10.4. The molecule has 0 radical (unpaired) electrons. The van der Waals surface area contributed by atoms with E-state index < -0.39 is 10.1 Å². The number of hydrogen-bond acceptors (Lipinski definition) is 4. The first-order valence-corrected chi connectivity index (χ1v) is 12.5. The van der Waals surface area contributed by atoms with Crippen LogP contribution in [0.2, 0.25) is 0 Å². The summed E-state index contributed by atoms with van der Waals surface area (Å²) in [4.78, 5) is 0. The third-order valence-electron chi connectivity index (χ3n) is 4.37. The summed E-state index contributed by atoms with van der Waals surface area (Å²) in [6.07, 6.45) is 3.46. The smallest absolute Gasteiger partial charge is 0.123 e. The van der Waals surface area contributed by atoms with Crippen molar-refractivity contribution in [3.63, 3.8) is 0 Å². The van der Waals surface area contributed by atoms with Crippen molar-refractivity contribution in [1.29, 1.82) is 0 Å². The Bertz CT molecular complexity index is 778. The molecule has 0 heterocycles. The van der Waals surface area contributed by atoms with Crippen LogP contribution in [0.1, 0.15) is 31.0 Å². The Morgan fingerprint density at radius 1 is 1.03 bits per heavy atom. The molecule has 1 unspecified atom stereocenters. The van der Waals surface area contributed by atoms with Gasteiger partial charge in [-0.3, -0.25) is 8.93 Å². The maximum atomic E-state index is 13.0. The van der Waals surface area contributed by atoms with E-state index in [-0.39, 0.29) is 17.9 Å². The second-order valence-electron chi connectivity index (χ2n) is 7.45. The number of hydrogen-bond donors (Lipinski definition) is 3. The maximum absolute atomic E-state index is 13.0. The first kappa shape index (κ1) is 23.5. The molecule has 2 aromatic rings. The number of benzene rings is 2. The van der Waals surface area contributed by atoms with Gasteiger partial charge in [0.05, 0.1) is 12.6 Å². The van der Waals surface area contributed by atoms with Crippen LogP contribution in [0.25, 0.3) is 0 Å². The summed E-state index contributed by atoms with van der Waals surface area (Å²) in [7, 11) is -2.28. The monoisotopic (exact) mass is 424 g/mol. The normalized spacial score (nSPS) is 14.4. The quantitative estimate of drug-likeness (QED) is 0.458. The Kier molecular flexibility index (Phi) is 9.23. The molecule has 5 nitrogen and oxygen atoms in total. The van der Waals surface area contributed by atoms with Crippen LogP contribution in [0, 0.1) is 5.82 Å². The van der Waals surface area contributed by atoms with Crippen molar-refractivity contribution in [2.75, 3.05) is 32.3 Å². The molecule has 7 heteroatoms. The van der Waals surface area contributed by atoms with Crippen LogP contribution in [0.3, 0.4) is 0 Å². The molecule has 2 rings (SSSR count). The van der Waals surface area contributed by atoms with Gasteiger partial charge >= 0.3 is 0 Å². The molecular weight excluding hydrogens is 391 g/mol. The minimum absolute atomic E-state index is 0.00586. The Balaban J connectivity index is 1.88. The number of rotatable bonds is 12. The van der Waals surface area contributed by atoms with Gasteiger partial charge in [0, 0.05) is 31.7 Å². The third-order valence-corrected chi connectivity index (χ3v) is 5.38. The average Bonchev–Trinajstić information content (AvgIpc) is 2.67. The molecule has 29 heavy (non-hydrogen) atoms. The molecule has 0 aliphatic heterocycles. The fraction of sp³-hybridized carbons (Fsp3) is 0.455. The predicted molar refractivity (Wildman–Crippen MR) is 118 cm³/mol. The van der Waals surface area contributed by atoms with E-state index in [1.54, 1.807) is 24.6 Å². The molecule has 0 aromatic heterocycles. The highest BCUT2D eigenvalue weighted by Gasteiger charge is 2.12. The lowest BCUT2D eigenvalue weighted by atomic mass is 10.1. The van der Waals surface area contributed by atoms with Gasteiger partial charge in [0.15, 0.2) is 0 Å². The summed E-state index contributed by atoms with van der Waals surface area (Å²) in [5.41, 5.74) is 2.24. The molecule has 0 spiro atoms. The highest BCUT2D eigenvalue weighted by Crippen LogP contribution is 2.15. The number of thiol groups is 1. The van der Waals surface area contributed by atoms with Crippen LogP contribution in [-0.4, -0.2) is 42.6 Å². The number of ether oxygens (including phenoxy) is 2. The molecule has 0 fully saturated rings. The summed E-state index contributed by atoms with van der Waals surface area (Å²) in [6.45, 7) is 6.22. The molecule has 0 bridgehead atoms. The zero-order chi connectivity index (χ0) is 21.3. The Morgan fingerprint density at radius 3 is 2.28 bits per heavy atom. The lowest BCUT2D eigenvalue weighted by Gasteiger charge is -2.22. The molecule has 0 saturated carbocycles. The summed E-state index contributed by atoms with van der Waals surface area (Å²) in [5, 5.41) is 3.46. The van der Waals surface area contributed by atoms with Crippen molar-refractivity contribution in [1.82, 2.24) is 10.0 Å². The lowest BCUT2D eigenvalue weighted by Crippen LogP contribution is -2.38.